The first-order valence-corrected chi connectivity index (χ1v) is 6.73. The topological polar surface area (TPSA) is 14.2 Å². The number of benzene rings is 2. The maximum Gasteiger partial charge on any atom is 0.128 e. The second kappa shape index (κ2) is 5.37. The van der Waals surface area contributed by atoms with Gasteiger partial charge in [0, 0.05) is 18.1 Å². The number of aryl methyl sites for hydroxylation is 1. The minimum absolute atomic E-state index is 0.279. The maximum absolute atomic E-state index is 13.1. The molecule has 1 heterocycles. The number of hydrogen-bond donors (Lipinski definition) is 0. The van der Waals surface area contributed by atoms with Gasteiger partial charge < -0.3 is 9.30 Å². The van der Waals surface area contributed by atoms with E-state index in [4.69, 9.17) is 4.74 Å². The molecule has 0 saturated carbocycles. The molecule has 0 N–H and O–H groups in total. The van der Waals surface area contributed by atoms with E-state index >= 15 is 0 Å². The Kier molecular flexibility index (Phi) is 3.42. The largest absolute Gasteiger partial charge is 0.487 e. The van der Waals surface area contributed by atoms with Gasteiger partial charge in [0.15, 0.2) is 0 Å². The fourth-order valence-electron chi connectivity index (χ4n) is 2.47. The van der Waals surface area contributed by atoms with Gasteiger partial charge in [-0.2, -0.15) is 0 Å². The predicted octanol–water partition coefficient (Wildman–Crippen LogP) is 4.38. The molecular formula is C17H16FNO. The van der Waals surface area contributed by atoms with Crippen LogP contribution in [0.3, 0.4) is 0 Å². The van der Waals surface area contributed by atoms with Crippen LogP contribution in [-0.4, -0.2) is 4.57 Å². The summed E-state index contributed by atoms with van der Waals surface area (Å²) in [5.41, 5.74) is 2.30. The van der Waals surface area contributed by atoms with Crippen LogP contribution in [0.1, 0.15) is 12.6 Å². The molecular weight excluding hydrogens is 253 g/mol. The second-order valence-corrected chi connectivity index (χ2v) is 4.68. The molecule has 0 saturated heterocycles. The lowest BCUT2D eigenvalue weighted by molar-refractivity contribution is 0.294. The first-order valence-electron chi connectivity index (χ1n) is 6.73. The molecule has 20 heavy (non-hydrogen) atoms. The summed E-state index contributed by atoms with van der Waals surface area (Å²) >= 11 is 0. The number of hydrogen-bond acceptors (Lipinski definition) is 1. The summed E-state index contributed by atoms with van der Waals surface area (Å²) in [5, 5.41) is 1.20. The quantitative estimate of drug-likeness (QED) is 0.685. The first kappa shape index (κ1) is 12.7. The van der Waals surface area contributed by atoms with E-state index in [0.29, 0.717) is 12.4 Å². The van der Waals surface area contributed by atoms with Gasteiger partial charge in [-0.25, -0.2) is 4.39 Å². The molecule has 2 nitrogen and oxygen atoms in total. The molecule has 0 atom stereocenters. The second-order valence-electron chi connectivity index (χ2n) is 4.68. The number of halogens is 1. The highest BCUT2D eigenvalue weighted by Crippen LogP contribution is 2.21. The lowest BCUT2D eigenvalue weighted by Gasteiger charge is -2.09. The summed E-state index contributed by atoms with van der Waals surface area (Å²) in [4.78, 5) is 0. The van der Waals surface area contributed by atoms with Gasteiger partial charge in [0.1, 0.15) is 18.2 Å². The zero-order valence-corrected chi connectivity index (χ0v) is 11.3. The van der Waals surface area contributed by atoms with E-state index in [-0.39, 0.29) is 5.82 Å². The van der Waals surface area contributed by atoms with Gasteiger partial charge in [0.05, 0.1) is 5.69 Å². The standard InChI is InChI=1S/C17H16FNO/c1-2-19-15(10-13-6-3-4-9-17(13)19)12-20-16-8-5-7-14(18)11-16/h3-11H,2,12H2,1H3. The molecule has 0 radical (unpaired) electrons. The summed E-state index contributed by atoms with van der Waals surface area (Å²) in [6, 6.07) is 16.6. The van der Waals surface area contributed by atoms with Crippen LogP contribution in [0.2, 0.25) is 0 Å². The Labute approximate surface area is 117 Å². The van der Waals surface area contributed by atoms with Gasteiger partial charge >= 0.3 is 0 Å². The first-order chi connectivity index (χ1) is 9.78. The van der Waals surface area contributed by atoms with Crippen LogP contribution in [0.5, 0.6) is 5.75 Å². The fourth-order valence-corrected chi connectivity index (χ4v) is 2.47. The highest BCUT2D eigenvalue weighted by Gasteiger charge is 2.07. The SMILES string of the molecule is CCn1c(COc2cccc(F)c2)cc2ccccc21. The van der Waals surface area contributed by atoms with E-state index in [2.05, 4.69) is 29.7 Å². The Balaban J connectivity index is 1.87. The van der Waals surface area contributed by atoms with Crippen LogP contribution < -0.4 is 4.74 Å². The molecule has 0 bridgehead atoms. The van der Waals surface area contributed by atoms with Gasteiger partial charge in [-0.15, -0.1) is 0 Å². The summed E-state index contributed by atoms with van der Waals surface area (Å²) in [5.74, 6) is 0.274. The van der Waals surface area contributed by atoms with Gasteiger partial charge in [0.25, 0.3) is 0 Å². The molecule has 102 valence electrons. The number of aromatic nitrogens is 1. The summed E-state index contributed by atoms with van der Waals surface area (Å²) < 4.78 is 21.0. The van der Waals surface area contributed by atoms with E-state index in [1.54, 1.807) is 12.1 Å². The average Bonchev–Trinajstić information content (AvgIpc) is 2.82. The van der Waals surface area contributed by atoms with Crippen molar-refractivity contribution < 1.29 is 9.13 Å². The van der Waals surface area contributed by atoms with Crippen molar-refractivity contribution in [3.63, 3.8) is 0 Å². The van der Waals surface area contributed by atoms with Crippen LogP contribution in [-0.2, 0) is 13.2 Å². The van der Waals surface area contributed by atoms with E-state index < -0.39 is 0 Å². The molecule has 0 spiro atoms. The molecule has 3 heteroatoms. The van der Waals surface area contributed by atoms with E-state index in [1.807, 2.05) is 12.1 Å². The summed E-state index contributed by atoms with van der Waals surface area (Å²) in [7, 11) is 0. The molecule has 0 aliphatic carbocycles. The molecule has 2 aromatic carbocycles. The van der Waals surface area contributed by atoms with Gasteiger partial charge in [-0.1, -0.05) is 24.3 Å². The smallest absolute Gasteiger partial charge is 0.128 e. The number of nitrogens with zero attached hydrogens (tertiary/aromatic N) is 1. The van der Waals surface area contributed by atoms with Gasteiger partial charge in [-0.05, 0) is 36.6 Å². The summed E-state index contributed by atoms with van der Waals surface area (Å²) in [6.07, 6.45) is 0. The summed E-state index contributed by atoms with van der Waals surface area (Å²) in [6.45, 7) is 3.43. The zero-order chi connectivity index (χ0) is 13.9. The van der Waals surface area contributed by atoms with Crippen molar-refractivity contribution >= 4 is 10.9 Å². The molecule has 1 aromatic heterocycles. The van der Waals surface area contributed by atoms with Crippen LogP contribution in [0.25, 0.3) is 10.9 Å². The highest BCUT2D eigenvalue weighted by molar-refractivity contribution is 5.81. The van der Waals surface area contributed by atoms with Gasteiger partial charge in [0.2, 0.25) is 0 Å². The van der Waals surface area contributed by atoms with Crippen molar-refractivity contribution in [2.45, 2.75) is 20.1 Å². The number of rotatable bonds is 4. The van der Waals surface area contributed by atoms with Crippen molar-refractivity contribution in [3.05, 3.63) is 66.1 Å². The molecule has 3 rings (SSSR count). The van der Waals surface area contributed by atoms with Crippen LogP contribution in [0, 0.1) is 5.82 Å². The van der Waals surface area contributed by atoms with E-state index in [9.17, 15) is 4.39 Å². The molecule has 0 aliphatic heterocycles. The molecule has 0 fully saturated rings. The molecule has 0 amide bonds. The Bertz CT molecular complexity index is 733. The number of para-hydroxylation sites is 1. The van der Waals surface area contributed by atoms with Crippen molar-refractivity contribution in [2.24, 2.45) is 0 Å². The lowest BCUT2D eigenvalue weighted by Crippen LogP contribution is -2.04. The molecule has 3 aromatic rings. The lowest BCUT2D eigenvalue weighted by atomic mass is 10.2. The van der Waals surface area contributed by atoms with Gasteiger partial charge in [-0.3, -0.25) is 0 Å². The Hall–Kier alpha value is -2.29. The Morgan fingerprint density at radius 2 is 1.90 bits per heavy atom. The zero-order valence-electron chi connectivity index (χ0n) is 11.3. The number of fused-ring (bicyclic) bond motifs is 1. The van der Waals surface area contributed by atoms with Crippen molar-refractivity contribution in [3.8, 4) is 5.75 Å². The van der Waals surface area contributed by atoms with E-state index in [1.165, 1.54) is 23.0 Å². The van der Waals surface area contributed by atoms with Crippen LogP contribution in [0.4, 0.5) is 4.39 Å². The number of ether oxygens (including phenoxy) is 1. The minimum atomic E-state index is -0.279. The van der Waals surface area contributed by atoms with Crippen molar-refractivity contribution in [1.29, 1.82) is 0 Å². The Morgan fingerprint density at radius 1 is 1.05 bits per heavy atom. The third kappa shape index (κ3) is 2.39. The average molecular weight is 269 g/mol. The normalized spacial score (nSPS) is 10.9. The monoisotopic (exact) mass is 269 g/mol. The van der Waals surface area contributed by atoms with E-state index in [0.717, 1.165) is 12.2 Å². The molecule has 0 unspecified atom stereocenters. The minimum Gasteiger partial charge on any atom is -0.487 e. The predicted molar refractivity (Wildman–Crippen MR) is 78.3 cm³/mol. The fraction of sp³-hybridized carbons (Fsp3) is 0.176. The maximum atomic E-state index is 13.1. The van der Waals surface area contributed by atoms with Crippen LogP contribution >= 0.6 is 0 Å². The highest BCUT2D eigenvalue weighted by atomic mass is 19.1. The third-order valence-corrected chi connectivity index (χ3v) is 3.40. The Morgan fingerprint density at radius 3 is 2.70 bits per heavy atom. The van der Waals surface area contributed by atoms with Crippen molar-refractivity contribution in [1.82, 2.24) is 4.57 Å². The van der Waals surface area contributed by atoms with Crippen molar-refractivity contribution in [2.75, 3.05) is 0 Å². The third-order valence-electron chi connectivity index (χ3n) is 3.40. The molecule has 0 aliphatic rings. The van der Waals surface area contributed by atoms with Crippen LogP contribution in [0.15, 0.2) is 54.6 Å².